The largest absolute Gasteiger partial charge is 0.484 e. The van der Waals surface area contributed by atoms with Crippen LogP contribution < -0.4 is 10.5 Å². The zero-order valence-electron chi connectivity index (χ0n) is 14.0. The van der Waals surface area contributed by atoms with Crippen LogP contribution in [0.1, 0.15) is 17.0 Å². The fraction of sp³-hybridized carbons (Fsp3) is 0.350. The van der Waals surface area contributed by atoms with E-state index in [1.165, 1.54) is 5.56 Å². The first-order chi connectivity index (χ1) is 11.7. The lowest BCUT2D eigenvalue weighted by Crippen LogP contribution is -2.33. The number of carbonyl (C=O) groups is 1. The van der Waals surface area contributed by atoms with E-state index in [0.29, 0.717) is 31.5 Å². The van der Waals surface area contributed by atoms with Gasteiger partial charge in [-0.2, -0.15) is 0 Å². The number of hydrogen-bond donors (Lipinski definition) is 1. The summed E-state index contributed by atoms with van der Waals surface area (Å²) in [5.74, 6) is 1.36. The summed E-state index contributed by atoms with van der Waals surface area (Å²) in [6.07, 6.45) is 0. The summed E-state index contributed by atoms with van der Waals surface area (Å²) in [7, 11) is 0. The van der Waals surface area contributed by atoms with Crippen LogP contribution in [-0.2, 0) is 4.79 Å². The monoisotopic (exact) mass is 324 g/mol. The van der Waals surface area contributed by atoms with Crippen molar-refractivity contribution in [3.8, 4) is 5.75 Å². The lowest BCUT2D eigenvalue weighted by atomic mass is 9.89. The zero-order chi connectivity index (χ0) is 16.9. The van der Waals surface area contributed by atoms with Crippen molar-refractivity contribution in [2.24, 2.45) is 11.7 Å². The van der Waals surface area contributed by atoms with Crippen molar-refractivity contribution in [3.05, 3.63) is 65.7 Å². The van der Waals surface area contributed by atoms with Crippen LogP contribution >= 0.6 is 0 Å². The maximum atomic E-state index is 12.5. The van der Waals surface area contributed by atoms with Gasteiger partial charge in [-0.25, -0.2) is 0 Å². The molecule has 2 aromatic rings. The second-order valence-electron chi connectivity index (χ2n) is 6.42. The normalized spacial score (nSPS) is 20.2. The molecule has 2 aromatic carbocycles. The highest BCUT2D eigenvalue weighted by Gasteiger charge is 2.35. The van der Waals surface area contributed by atoms with Crippen molar-refractivity contribution in [1.29, 1.82) is 0 Å². The molecule has 0 unspecified atom stereocenters. The van der Waals surface area contributed by atoms with Crippen molar-refractivity contribution in [3.63, 3.8) is 0 Å². The summed E-state index contributed by atoms with van der Waals surface area (Å²) in [6, 6.07) is 18.1. The van der Waals surface area contributed by atoms with Crippen LogP contribution in [0.15, 0.2) is 54.6 Å². The standard InChI is InChI=1S/C20H24N2O2/c1-15-6-5-9-18(10-15)24-14-20(23)22-12-17(11-21)19(13-22)16-7-3-2-4-8-16/h2-10,17,19H,11-14,21H2,1H3/t17-,19+/m1/s1. The van der Waals surface area contributed by atoms with E-state index in [2.05, 4.69) is 12.1 Å². The average molecular weight is 324 g/mol. The Morgan fingerprint density at radius 2 is 1.96 bits per heavy atom. The summed E-state index contributed by atoms with van der Waals surface area (Å²) >= 11 is 0. The maximum Gasteiger partial charge on any atom is 0.260 e. The third-order valence-electron chi connectivity index (χ3n) is 4.68. The molecule has 1 heterocycles. The van der Waals surface area contributed by atoms with Crippen molar-refractivity contribution in [2.75, 3.05) is 26.2 Å². The first kappa shape index (κ1) is 16.5. The molecule has 0 saturated carbocycles. The highest BCUT2D eigenvalue weighted by molar-refractivity contribution is 5.78. The molecule has 0 bridgehead atoms. The Morgan fingerprint density at radius 1 is 1.17 bits per heavy atom. The molecule has 0 spiro atoms. The number of amides is 1. The van der Waals surface area contributed by atoms with Crippen LogP contribution in [0.3, 0.4) is 0 Å². The molecule has 1 aliphatic rings. The highest BCUT2D eigenvalue weighted by atomic mass is 16.5. The molecule has 0 aliphatic carbocycles. The van der Waals surface area contributed by atoms with Crippen molar-refractivity contribution in [2.45, 2.75) is 12.8 Å². The predicted molar refractivity (Wildman–Crippen MR) is 95.0 cm³/mol. The van der Waals surface area contributed by atoms with E-state index in [9.17, 15) is 4.79 Å². The Labute approximate surface area is 143 Å². The van der Waals surface area contributed by atoms with E-state index in [0.717, 1.165) is 11.3 Å². The number of nitrogens with zero attached hydrogens (tertiary/aromatic N) is 1. The third kappa shape index (κ3) is 3.77. The van der Waals surface area contributed by atoms with Crippen LogP contribution in [-0.4, -0.2) is 37.0 Å². The molecule has 126 valence electrons. The van der Waals surface area contributed by atoms with Crippen LogP contribution in [0.4, 0.5) is 0 Å². The van der Waals surface area contributed by atoms with Gasteiger partial charge in [0.1, 0.15) is 5.75 Å². The van der Waals surface area contributed by atoms with E-state index >= 15 is 0 Å². The first-order valence-electron chi connectivity index (χ1n) is 8.39. The molecular formula is C20H24N2O2. The Kier molecular flexibility index (Phi) is 5.16. The van der Waals surface area contributed by atoms with E-state index in [1.54, 1.807) is 0 Å². The van der Waals surface area contributed by atoms with Crippen LogP contribution in [0.5, 0.6) is 5.75 Å². The van der Waals surface area contributed by atoms with Gasteiger partial charge in [-0.05, 0) is 42.6 Å². The van der Waals surface area contributed by atoms with Crippen molar-refractivity contribution < 1.29 is 9.53 Å². The minimum Gasteiger partial charge on any atom is -0.484 e. The molecular weight excluding hydrogens is 300 g/mol. The average Bonchev–Trinajstić information content (AvgIpc) is 3.05. The molecule has 4 nitrogen and oxygen atoms in total. The predicted octanol–water partition coefficient (Wildman–Crippen LogP) is 2.57. The molecule has 0 aromatic heterocycles. The summed E-state index contributed by atoms with van der Waals surface area (Å²) in [6.45, 7) is 4.07. The van der Waals surface area contributed by atoms with Gasteiger partial charge in [-0.15, -0.1) is 0 Å². The van der Waals surface area contributed by atoms with Crippen molar-refractivity contribution in [1.82, 2.24) is 4.90 Å². The summed E-state index contributed by atoms with van der Waals surface area (Å²) in [5.41, 5.74) is 8.31. The molecule has 2 N–H and O–H groups in total. The maximum absolute atomic E-state index is 12.5. The number of rotatable bonds is 5. The number of hydrogen-bond acceptors (Lipinski definition) is 3. The lowest BCUT2D eigenvalue weighted by molar-refractivity contribution is -0.132. The lowest BCUT2D eigenvalue weighted by Gasteiger charge is -2.17. The number of carbonyl (C=O) groups excluding carboxylic acids is 1. The Balaban J connectivity index is 1.61. The van der Waals surface area contributed by atoms with E-state index < -0.39 is 0 Å². The van der Waals surface area contributed by atoms with E-state index in [4.69, 9.17) is 10.5 Å². The van der Waals surface area contributed by atoms with Crippen LogP contribution in [0, 0.1) is 12.8 Å². The molecule has 4 heteroatoms. The van der Waals surface area contributed by atoms with Crippen LogP contribution in [0.25, 0.3) is 0 Å². The quantitative estimate of drug-likeness (QED) is 0.920. The van der Waals surface area contributed by atoms with Gasteiger partial charge in [0, 0.05) is 19.0 Å². The molecule has 0 radical (unpaired) electrons. The van der Waals surface area contributed by atoms with E-state index in [-0.39, 0.29) is 12.5 Å². The topological polar surface area (TPSA) is 55.6 Å². The smallest absolute Gasteiger partial charge is 0.260 e. The molecule has 2 atom stereocenters. The van der Waals surface area contributed by atoms with Gasteiger partial charge in [0.05, 0.1) is 0 Å². The minimum absolute atomic E-state index is 0.0217. The fourth-order valence-electron chi connectivity index (χ4n) is 3.33. The summed E-state index contributed by atoms with van der Waals surface area (Å²) < 4.78 is 5.65. The number of ether oxygens (including phenoxy) is 1. The SMILES string of the molecule is Cc1cccc(OCC(=O)N2C[C@@H](CN)[C@H](c3ccccc3)C2)c1. The van der Waals surface area contributed by atoms with Gasteiger partial charge < -0.3 is 15.4 Å². The van der Waals surface area contributed by atoms with Gasteiger partial charge in [0.25, 0.3) is 5.91 Å². The fourth-order valence-corrected chi connectivity index (χ4v) is 3.33. The van der Waals surface area contributed by atoms with Crippen LogP contribution in [0.2, 0.25) is 0 Å². The molecule has 1 amide bonds. The van der Waals surface area contributed by atoms with Gasteiger partial charge >= 0.3 is 0 Å². The van der Waals surface area contributed by atoms with Gasteiger partial charge in [0.2, 0.25) is 0 Å². The second kappa shape index (κ2) is 7.49. The Morgan fingerprint density at radius 3 is 2.67 bits per heavy atom. The molecule has 1 saturated heterocycles. The first-order valence-corrected chi connectivity index (χ1v) is 8.39. The third-order valence-corrected chi connectivity index (χ3v) is 4.68. The second-order valence-corrected chi connectivity index (χ2v) is 6.42. The van der Waals surface area contributed by atoms with Gasteiger partial charge in [-0.3, -0.25) is 4.79 Å². The molecule has 1 aliphatic heterocycles. The number of aryl methyl sites for hydroxylation is 1. The van der Waals surface area contributed by atoms with Gasteiger partial charge in [0.15, 0.2) is 6.61 Å². The van der Waals surface area contributed by atoms with Crippen molar-refractivity contribution >= 4 is 5.91 Å². The summed E-state index contributed by atoms with van der Waals surface area (Å²) in [5, 5.41) is 0. The summed E-state index contributed by atoms with van der Waals surface area (Å²) in [4.78, 5) is 14.4. The zero-order valence-corrected chi connectivity index (χ0v) is 14.0. The Bertz CT molecular complexity index is 687. The minimum atomic E-state index is 0.0217. The number of benzene rings is 2. The molecule has 1 fully saturated rings. The van der Waals surface area contributed by atoms with E-state index in [1.807, 2.05) is 54.3 Å². The molecule has 3 rings (SSSR count). The molecule has 24 heavy (non-hydrogen) atoms. The number of likely N-dealkylation sites (tertiary alicyclic amines) is 1. The highest BCUT2D eigenvalue weighted by Crippen LogP contribution is 2.32. The van der Waals surface area contributed by atoms with Gasteiger partial charge in [-0.1, -0.05) is 42.5 Å². The number of nitrogens with two attached hydrogens (primary N) is 1. The Hall–Kier alpha value is -2.33.